The summed E-state index contributed by atoms with van der Waals surface area (Å²) in [6, 6.07) is 7.63. The molecular formula is C13H20N4. The predicted octanol–water partition coefficient (Wildman–Crippen LogP) is 1.53. The molecule has 0 aliphatic rings. The minimum Gasteiger partial charge on any atom is -0.398 e. The van der Waals surface area contributed by atoms with Crippen molar-refractivity contribution in [3.05, 3.63) is 23.8 Å². The van der Waals surface area contributed by atoms with Crippen molar-refractivity contribution in [2.75, 3.05) is 44.9 Å². The average Bonchev–Trinajstić information content (AvgIpc) is 2.28. The number of nitrogen functional groups attached to an aromatic ring is 1. The molecule has 1 rings (SSSR count). The highest BCUT2D eigenvalue weighted by molar-refractivity contribution is 5.63. The molecule has 4 heteroatoms. The SMILES string of the molecule is CN(C)CCCN(C)c1ccc(C#N)c(N)c1. The predicted molar refractivity (Wildman–Crippen MR) is 72.0 cm³/mol. The Balaban J connectivity index is 2.61. The van der Waals surface area contributed by atoms with Gasteiger partial charge in [-0.15, -0.1) is 0 Å². The molecule has 0 saturated carbocycles. The molecule has 0 aromatic heterocycles. The van der Waals surface area contributed by atoms with Gasteiger partial charge in [0.05, 0.1) is 11.3 Å². The first-order valence-corrected chi connectivity index (χ1v) is 5.70. The first-order chi connectivity index (χ1) is 8.04. The second-order valence-corrected chi connectivity index (χ2v) is 4.46. The molecule has 0 atom stereocenters. The number of benzene rings is 1. The maximum Gasteiger partial charge on any atom is 0.101 e. The third-order valence-electron chi connectivity index (χ3n) is 2.70. The van der Waals surface area contributed by atoms with E-state index in [4.69, 9.17) is 11.0 Å². The second kappa shape index (κ2) is 6.12. The summed E-state index contributed by atoms with van der Waals surface area (Å²) < 4.78 is 0. The zero-order chi connectivity index (χ0) is 12.8. The minimum atomic E-state index is 0.537. The molecule has 0 heterocycles. The average molecular weight is 232 g/mol. The summed E-state index contributed by atoms with van der Waals surface area (Å²) in [5.41, 5.74) is 7.93. The molecule has 17 heavy (non-hydrogen) atoms. The summed E-state index contributed by atoms with van der Waals surface area (Å²) in [6.07, 6.45) is 1.10. The van der Waals surface area contributed by atoms with Gasteiger partial charge in [-0.25, -0.2) is 0 Å². The molecule has 2 N–H and O–H groups in total. The van der Waals surface area contributed by atoms with Crippen LogP contribution in [0.3, 0.4) is 0 Å². The topological polar surface area (TPSA) is 56.3 Å². The van der Waals surface area contributed by atoms with Crippen LogP contribution in [-0.2, 0) is 0 Å². The molecule has 0 saturated heterocycles. The summed E-state index contributed by atoms with van der Waals surface area (Å²) in [4.78, 5) is 4.32. The highest BCUT2D eigenvalue weighted by Crippen LogP contribution is 2.20. The first kappa shape index (κ1) is 13.3. The summed E-state index contributed by atoms with van der Waals surface area (Å²) in [5.74, 6) is 0. The van der Waals surface area contributed by atoms with Crippen LogP contribution < -0.4 is 10.6 Å². The van der Waals surface area contributed by atoms with Crippen molar-refractivity contribution < 1.29 is 0 Å². The van der Waals surface area contributed by atoms with E-state index in [0.29, 0.717) is 11.3 Å². The number of nitrogens with two attached hydrogens (primary N) is 1. The van der Waals surface area contributed by atoms with Gasteiger partial charge in [0.15, 0.2) is 0 Å². The monoisotopic (exact) mass is 232 g/mol. The molecule has 92 valence electrons. The highest BCUT2D eigenvalue weighted by Gasteiger charge is 2.04. The number of anilines is 2. The third-order valence-corrected chi connectivity index (χ3v) is 2.70. The Morgan fingerprint density at radius 2 is 1.94 bits per heavy atom. The van der Waals surface area contributed by atoms with Crippen LogP contribution in [0.4, 0.5) is 11.4 Å². The van der Waals surface area contributed by atoms with Crippen molar-refractivity contribution in [1.29, 1.82) is 5.26 Å². The van der Waals surface area contributed by atoms with Gasteiger partial charge in [0, 0.05) is 19.3 Å². The third kappa shape index (κ3) is 3.97. The summed E-state index contributed by atoms with van der Waals surface area (Å²) in [5, 5.41) is 8.80. The Morgan fingerprint density at radius 3 is 2.47 bits per heavy atom. The van der Waals surface area contributed by atoms with Crippen molar-refractivity contribution in [2.24, 2.45) is 0 Å². The van der Waals surface area contributed by atoms with Crippen molar-refractivity contribution >= 4 is 11.4 Å². The molecule has 0 spiro atoms. The van der Waals surface area contributed by atoms with Gasteiger partial charge >= 0.3 is 0 Å². The maximum absolute atomic E-state index is 8.80. The highest BCUT2D eigenvalue weighted by atomic mass is 15.1. The standard InChI is InChI=1S/C13H20N4/c1-16(2)7-4-8-17(3)12-6-5-11(10-14)13(15)9-12/h5-6,9H,4,7-8,15H2,1-3H3. The Labute approximate surface area is 103 Å². The van der Waals surface area contributed by atoms with Crippen molar-refractivity contribution in [3.8, 4) is 6.07 Å². The number of hydrogen-bond acceptors (Lipinski definition) is 4. The molecule has 0 unspecified atom stereocenters. The normalized spacial score (nSPS) is 10.3. The van der Waals surface area contributed by atoms with E-state index >= 15 is 0 Å². The molecule has 4 nitrogen and oxygen atoms in total. The molecule has 0 fully saturated rings. The van der Waals surface area contributed by atoms with Crippen LogP contribution >= 0.6 is 0 Å². The van der Waals surface area contributed by atoms with Crippen LogP contribution in [0.1, 0.15) is 12.0 Å². The van der Waals surface area contributed by atoms with Gasteiger partial charge < -0.3 is 15.5 Å². The fourth-order valence-corrected chi connectivity index (χ4v) is 1.64. The molecule has 0 bridgehead atoms. The molecule has 0 aliphatic carbocycles. The zero-order valence-electron chi connectivity index (χ0n) is 10.8. The molecule has 1 aromatic carbocycles. The van der Waals surface area contributed by atoms with E-state index in [1.165, 1.54) is 0 Å². The molecule has 0 aliphatic heterocycles. The van der Waals surface area contributed by atoms with Gasteiger partial charge in [0.1, 0.15) is 6.07 Å². The van der Waals surface area contributed by atoms with Gasteiger partial charge in [-0.3, -0.25) is 0 Å². The first-order valence-electron chi connectivity index (χ1n) is 5.70. The summed E-state index contributed by atoms with van der Waals surface area (Å²) >= 11 is 0. The van der Waals surface area contributed by atoms with Gasteiger partial charge in [-0.1, -0.05) is 0 Å². The van der Waals surface area contributed by atoms with Gasteiger partial charge in [0.2, 0.25) is 0 Å². The van der Waals surface area contributed by atoms with E-state index in [-0.39, 0.29) is 0 Å². The van der Waals surface area contributed by atoms with Gasteiger partial charge in [-0.05, 0) is 45.3 Å². The van der Waals surface area contributed by atoms with E-state index in [9.17, 15) is 0 Å². The lowest BCUT2D eigenvalue weighted by atomic mass is 10.1. The van der Waals surface area contributed by atoms with Gasteiger partial charge in [0.25, 0.3) is 0 Å². The van der Waals surface area contributed by atoms with Crippen LogP contribution in [0.25, 0.3) is 0 Å². The number of nitrogens with zero attached hydrogens (tertiary/aromatic N) is 3. The smallest absolute Gasteiger partial charge is 0.101 e. The fourth-order valence-electron chi connectivity index (χ4n) is 1.64. The fraction of sp³-hybridized carbons (Fsp3) is 0.462. The van der Waals surface area contributed by atoms with Gasteiger partial charge in [-0.2, -0.15) is 5.26 Å². The number of rotatable bonds is 5. The number of hydrogen-bond donors (Lipinski definition) is 1. The van der Waals surface area contributed by atoms with E-state index in [1.54, 1.807) is 6.07 Å². The van der Waals surface area contributed by atoms with E-state index in [0.717, 1.165) is 25.2 Å². The van der Waals surface area contributed by atoms with Crippen LogP contribution in [-0.4, -0.2) is 39.1 Å². The van der Waals surface area contributed by atoms with Crippen LogP contribution in [0.15, 0.2) is 18.2 Å². The quantitative estimate of drug-likeness (QED) is 0.782. The summed E-state index contributed by atoms with van der Waals surface area (Å²) in [7, 11) is 6.18. The minimum absolute atomic E-state index is 0.537. The zero-order valence-corrected chi connectivity index (χ0v) is 10.8. The lowest BCUT2D eigenvalue weighted by Crippen LogP contribution is -2.23. The van der Waals surface area contributed by atoms with Crippen molar-refractivity contribution in [2.45, 2.75) is 6.42 Å². The summed E-state index contributed by atoms with van der Waals surface area (Å²) in [6.45, 7) is 2.04. The Hall–Kier alpha value is -1.73. The molecule has 1 aromatic rings. The van der Waals surface area contributed by atoms with Crippen LogP contribution in [0, 0.1) is 11.3 Å². The molecule has 0 amide bonds. The largest absolute Gasteiger partial charge is 0.398 e. The van der Waals surface area contributed by atoms with Crippen LogP contribution in [0.2, 0.25) is 0 Å². The van der Waals surface area contributed by atoms with Crippen molar-refractivity contribution in [3.63, 3.8) is 0 Å². The molecule has 0 radical (unpaired) electrons. The Kier molecular flexibility index (Phi) is 4.80. The van der Waals surface area contributed by atoms with Crippen LogP contribution in [0.5, 0.6) is 0 Å². The van der Waals surface area contributed by atoms with E-state index < -0.39 is 0 Å². The maximum atomic E-state index is 8.80. The van der Waals surface area contributed by atoms with E-state index in [1.807, 2.05) is 19.2 Å². The van der Waals surface area contributed by atoms with E-state index in [2.05, 4.69) is 30.0 Å². The number of nitriles is 1. The lowest BCUT2D eigenvalue weighted by Gasteiger charge is -2.21. The second-order valence-electron chi connectivity index (χ2n) is 4.46. The molecular weight excluding hydrogens is 212 g/mol. The Bertz CT molecular complexity index is 406. The van der Waals surface area contributed by atoms with Crippen molar-refractivity contribution in [1.82, 2.24) is 4.90 Å². The lowest BCUT2D eigenvalue weighted by molar-refractivity contribution is 0.401. The Morgan fingerprint density at radius 1 is 1.24 bits per heavy atom.